The van der Waals surface area contributed by atoms with E-state index in [9.17, 15) is 4.79 Å². The molecule has 1 amide bonds. The highest BCUT2D eigenvalue weighted by atomic mass is 32.1. The van der Waals surface area contributed by atoms with Crippen molar-refractivity contribution in [3.05, 3.63) is 64.9 Å². The molecule has 0 saturated carbocycles. The van der Waals surface area contributed by atoms with Crippen LogP contribution in [0.25, 0.3) is 10.8 Å². The van der Waals surface area contributed by atoms with E-state index in [1.54, 1.807) is 17.6 Å². The number of amides is 1. The number of nitrogens with one attached hydrogen (secondary N) is 2. The van der Waals surface area contributed by atoms with Gasteiger partial charge < -0.3 is 15.1 Å². The SMILES string of the molecule is O=C(Cc1coc(-c2cccs2)n1)NCC1NCCc2ccccc21. The van der Waals surface area contributed by atoms with E-state index in [-0.39, 0.29) is 18.4 Å². The Morgan fingerprint density at radius 1 is 1.32 bits per heavy atom. The molecule has 0 saturated heterocycles. The number of benzene rings is 1. The minimum atomic E-state index is -0.0455. The van der Waals surface area contributed by atoms with E-state index >= 15 is 0 Å². The summed E-state index contributed by atoms with van der Waals surface area (Å²) < 4.78 is 5.46. The van der Waals surface area contributed by atoms with Gasteiger partial charge in [-0.05, 0) is 35.5 Å². The van der Waals surface area contributed by atoms with Gasteiger partial charge in [0, 0.05) is 12.6 Å². The van der Waals surface area contributed by atoms with Crippen LogP contribution in [0.1, 0.15) is 22.9 Å². The van der Waals surface area contributed by atoms with Gasteiger partial charge in [-0.1, -0.05) is 30.3 Å². The molecule has 4 rings (SSSR count). The third-order valence-electron chi connectivity index (χ3n) is 4.34. The van der Waals surface area contributed by atoms with E-state index in [0.29, 0.717) is 18.1 Å². The van der Waals surface area contributed by atoms with Gasteiger partial charge in [0.15, 0.2) is 0 Å². The number of aromatic nitrogens is 1. The molecule has 2 aromatic heterocycles. The van der Waals surface area contributed by atoms with Crippen molar-refractivity contribution in [3.63, 3.8) is 0 Å². The van der Waals surface area contributed by atoms with Gasteiger partial charge >= 0.3 is 0 Å². The van der Waals surface area contributed by atoms with Crippen LogP contribution in [0.3, 0.4) is 0 Å². The van der Waals surface area contributed by atoms with Gasteiger partial charge in [0.1, 0.15) is 6.26 Å². The summed E-state index contributed by atoms with van der Waals surface area (Å²) >= 11 is 1.57. The molecule has 0 fully saturated rings. The van der Waals surface area contributed by atoms with Crippen molar-refractivity contribution in [2.75, 3.05) is 13.1 Å². The number of oxazole rings is 1. The van der Waals surface area contributed by atoms with Crippen LogP contribution in [0.4, 0.5) is 0 Å². The fourth-order valence-electron chi connectivity index (χ4n) is 3.12. The Hall–Kier alpha value is -2.44. The molecule has 1 aliphatic rings. The van der Waals surface area contributed by atoms with Crippen molar-refractivity contribution < 1.29 is 9.21 Å². The third-order valence-corrected chi connectivity index (χ3v) is 5.20. The molecular formula is C19H19N3O2S. The van der Waals surface area contributed by atoms with Gasteiger partial charge in [-0.2, -0.15) is 0 Å². The molecule has 0 bridgehead atoms. The topological polar surface area (TPSA) is 67.2 Å². The number of nitrogens with zero attached hydrogens (tertiary/aromatic N) is 1. The molecule has 128 valence electrons. The van der Waals surface area contributed by atoms with Crippen molar-refractivity contribution in [2.45, 2.75) is 18.9 Å². The zero-order valence-corrected chi connectivity index (χ0v) is 14.5. The largest absolute Gasteiger partial charge is 0.444 e. The first-order valence-electron chi connectivity index (χ1n) is 8.36. The summed E-state index contributed by atoms with van der Waals surface area (Å²) in [6.45, 7) is 1.51. The summed E-state index contributed by atoms with van der Waals surface area (Å²) in [5, 5.41) is 8.45. The van der Waals surface area contributed by atoms with Gasteiger partial charge in [-0.25, -0.2) is 4.98 Å². The number of carbonyl (C=O) groups excluding carboxylic acids is 1. The second-order valence-electron chi connectivity index (χ2n) is 6.06. The van der Waals surface area contributed by atoms with E-state index < -0.39 is 0 Å². The van der Waals surface area contributed by atoms with Crippen molar-refractivity contribution in [1.82, 2.24) is 15.6 Å². The Labute approximate surface area is 150 Å². The molecule has 1 aromatic carbocycles. The number of hydrogen-bond acceptors (Lipinski definition) is 5. The molecular weight excluding hydrogens is 334 g/mol. The van der Waals surface area contributed by atoms with Gasteiger partial charge in [-0.15, -0.1) is 11.3 Å². The Morgan fingerprint density at radius 3 is 3.12 bits per heavy atom. The Bertz CT molecular complexity index is 857. The maximum atomic E-state index is 12.2. The number of hydrogen-bond donors (Lipinski definition) is 2. The second-order valence-corrected chi connectivity index (χ2v) is 7.01. The predicted molar refractivity (Wildman–Crippen MR) is 97.4 cm³/mol. The van der Waals surface area contributed by atoms with Gasteiger partial charge in [0.2, 0.25) is 11.8 Å². The highest BCUT2D eigenvalue weighted by molar-refractivity contribution is 7.13. The molecule has 6 heteroatoms. The van der Waals surface area contributed by atoms with Crippen LogP contribution in [0, 0.1) is 0 Å². The number of thiophene rings is 1. The van der Waals surface area contributed by atoms with Gasteiger partial charge in [-0.3, -0.25) is 4.79 Å². The number of carbonyl (C=O) groups is 1. The molecule has 3 heterocycles. The lowest BCUT2D eigenvalue weighted by Crippen LogP contribution is -2.39. The molecule has 3 aromatic rings. The maximum absolute atomic E-state index is 12.2. The Morgan fingerprint density at radius 2 is 2.24 bits per heavy atom. The van der Waals surface area contributed by atoms with Crippen LogP contribution in [-0.2, 0) is 17.6 Å². The smallest absolute Gasteiger partial charge is 0.236 e. The third kappa shape index (κ3) is 3.65. The lowest BCUT2D eigenvalue weighted by molar-refractivity contribution is -0.120. The quantitative estimate of drug-likeness (QED) is 0.740. The fraction of sp³-hybridized carbons (Fsp3) is 0.263. The molecule has 25 heavy (non-hydrogen) atoms. The molecule has 1 aliphatic heterocycles. The van der Waals surface area contributed by atoms with Crippen LogP contribution in [0.2, 0.25) is 0 Å². The van der Waals surface area contributed by atoms with E-state index in [4.69, 9.17) is 4.42 Å². The fourth-order valence-corrected chi connectivity index (χ4v) is 3.77. The van der Waals surface area contributed by atoms with Gasteiger partial charge in [0.25, 0.3) is 0 Å². The molecule has 5 nitrogen and oxygen atoms in total. The van der Waals surface area contributed by atoms with Crippen LogP contribution in [0.15, 0.2) is 52.5 Å². The van der Waals surface area contributed by atoms with Crippen LogP contribution in [-0.4, -0.2) is 24.0 Å². The van der Waals surface area contributed by atoms with E-state index in [2.05, 4.69) is 33.8 Å². The lowest BCUT2D eigenvalue weighted by atomic mass is 9.94. The van der Waals surface area contributed by atoms with E-state index in [1.165, 1.54) is 11.1 Å². The van der Waals surface area contributed by atoms with Gasteiger partial charge in [0.05, 0.1) is 17.0 Å². The molecule has 0 aliphatic carbocycles. The Balaban J connectivity index is 1.34. The first-order valence-corrected chi connectivity index (χ1v) is 9.24. The summed E-state index contributed by atoms with van der Waals surface area (Å²) in [7, 11) is 0. The standard InChI is InChI=1S/C19H19N3O2S/c23-18(10-14-12-24-19(22-14)17-6-3-9-25-17)21-11-16-15-5-2-1-4-13(15)7-8-20-16/h1-6,9,12,16,20H,7-8,10-11H2,(H,21,23). The summed E-state index contributed by atoms with van der Waals surface area (Å²) in [6.07, 6.45) is 2.82. The first kappa shape index (κ1) is 16.1. The van der Waals surface area contributed by atoms with Crippen molar-refractivity contribution >= 4 is 17.2 Å². The first-order chi connectivity index (χ1) is 12.3. The minimum Gasteiger partial charge on any atom is -0.444 e. The maximum Gasteiger partial charge on any atom is 0.236 e. The molecule has 0 radical (unpaired) electrons. The zero-order valence-electron chi connectivity index (χ0n) is 13.7. The van der Waals surface area contributed by atoms with Crippen molar-refractivity contribution in [1.29, 1.82) is 0 Å². The number of fused-ring (bicyclic) bond motifs is 1. The summed E-state index contributed by atoms with van der Waals surface area (Å²) in [5.74, 6) is 0.525. The minimum absolute atomic E-state index is 0.0455. The van der Waals surface area contributed by atoms with E-state index in [0.717, 1.165) is 17.8 Å². The average Bonchev–Trinajstić information content (AvgIpc) is 3.31. The predicted octanol–water partition coefficient (Wildman–Crippen LogP) is 2.95. The summed E-state index contributed by atoms with van der Waals surface area (Å²) in [6, 6.07) is 12.5. The Kier molecular flexibility index (Phi) is 4.63. The van der Waals surface area contributed by atoms with Crippen molar-refractivity contribution in [3.8, 4) is 10.8 Å². The second kappa shape index (κ2) is 7.21. The molecule has 0 spiro atoms. The molecule has 1 unspecified atom stereocenters. The van der Waals surface area contributed by atoms with E-state index in [1.807, 2.05) is 23.6 Å². The van der Waals surface area contributed by atoms with Crippen LogP contribution in [0.5, 0.6) is 0 Å². The molecule has 1 atom stereocenters. The average molecular weight is 353 g/mol. The highest BCUT2D eigenvalue weighted by Crippen LogP contribution is 2.24. The van der Waals surface area contributed by atoms with Crippen LogP contribution >= 0.6 is 11.3 Å². The summed E-state index contributed by atoms with van der Waals surface area (Å²) in [5.41, 5.74) is 3.28. The normalized spacial score (nSPS) is 16.4. The lowest BCUT2D eigenvalue weighted by Gasteiger charge is -2.27. The van der Waals surface area contributed by atoms with Crippen LogP contribution < -0.4 is 10.6 Å². The zero-order chi connectivity index (χ0) is 17.1. The highest BCUT2D eigenvalue weighted by Gasteiger charge is 2.20. The molecule has 2 N–H and O–H groups in total. The summed E-state index contributed by atoms with van der Waals surface area (Å²) in [4.78, 5) is 17.6. The van der Waals surface area contributed by atoms with Crippen molar-refractivity contribution in [2.24, 2.45) is 0 Å². The monoisotopic (exact) mass is 353 g/mol. The number of rotatable bonds is 5.